The molecule has 0 unspecified atom stereocenters. The van der Waals surface area contributed by atoms with Gasteiger partial charge in [-0.05, 0) is 49.7 Å². The van der Waals surface area contributed by atoms with Crippen LogP contribution in [-0.2, 0) is 6.18 Å². The number of aromatic nitrogens is 4. The van der Waals surface area contributed by atoms with Gasteiger partial charge in [0, 0.05) is 13.2 Å². The van der Waals surface area contributed by atoms with Gasteiger partial charge in [0.05, 0.1) is 41.1 Å². The number of benzene rings is 2. The van der Waals surface area contributed by atoms with E-state index in [-0.39, 0.29) is 36.6 Å². The Balaban J connectivity index is 1.94. The van der Waals surface area contributed by atoms with Gasteiger partial charge in [-0.1, -0.05) is 18.2 Å². The van der Waals surface area contributed by atoms with E-state index in [1.807, 2.05) is 0 Å². The average molecular weight is 510 g/mol. The van der Waals surface area contributed by atoms with Gasteiger partial charge in [-0.25, -0.2) is 23.7 Å². The lowest BCUT2D eigenvalue weighted by Gasteiger charge is -2.12. The van der Waals surface area contributed by atoms with Gasteiger partial charge in [0.15, 0.2) is 5.69 Å². The first-order valence-electron chi connectivity index (χ1n) is 11.1. The highest BCUT2D eigenvalue weighted by atomic mass is 19.4. The predicted molar refractivity (Wildman–Crippen MR) is 129 cm³/mol. The summed E-state index contributed by atoms with van der Waals surface area (Å²) in [5, 5.41) is 15.9. The number of aliphatic hydroxyl groups excluding tert-OH is 1. The minimum Gasteiger partial charge on any atom is -0.396 e. The summed E-state index contributed by atoms with van der Waals surface area (Å²) >= 11 is 0. The van der Waals surface area contributed by atoms with E-state index < -0.39 is 23.5 Å². The fourth-order valence-electron chi connectivity index (χ4n) is 3.93. The zero-order chi connectivity index (χ0) is 26.7. The number of carbonyl (C=O) groups is 1. The van der Waals surface area contributed by atoms with E-state index in [9.17, 15) is 22.8 Å². The summed E-state index contributed by atoms with van der Waals surface area (Å²) in [6, 6.07) is 11.5. The number of amides is 1. The Bertz CT molecular complexity index is 1540. The molecule has 0 radical (unpaired) electrons. The zero-order valence-corrected chi connectivity index (χ0v) is 19.5. The minimum absolute atomic E-state index is 0.0621. The van der Waals surface area contributed by atoms with Crippen LogP contribution in [0.4, 0.5) is 23.7 Å². The summed E-state index contributed by atoms with van der Waals surface area (Å²) in [5.74, 6) is 0. The number of hydrogen-bond donors (Lipinski definition) is 2. The van der Waals surface area contributed by atoms with Gasteiger partial charge in [0.1, 0.15) is 5.69 Å². The fourth-order valence-corrected chi connectivity index (χ4v) is 3.93. The summed E-state index contributed by atoms with van der Waals surface area (Å²) in [7, 11) is 0. The molecule has 0 saturated carbocycles. The molecule has 2 N–H and O–H groups in total. The summed E-state index contributed by atoms with van der Waals surface area (Å²) in [6.45, 7) is 8.55. The molecule has 0 aliphatic rings. The van der Waals surface area contributed by atoms with Crippen LogP contribution >= 0.6 is 0 Å². The van der Waals surface area contributed by atoms with Crippen molar-refractivity contribution in [3.8, 4) is 22.8 Å². The highest BCUT2D eigenvalue weighted by Crippen LogP contribution is 2.32. The molecule has 37 heavy (non-hydrogen) atoms. The Hall–Kier alpha value is -4.63. The lowest BCUT2D eigenvalue weighted by atomic mass is 10.2. The number of hydrogen-bond acceptors (Lipinski definition) is 4. The summed E-state index contributed by atoms with van der Waals surface area (Å²) in [6.07, 6.45) is -2.93. The Morgan fingerprint density at radius 3 is 2.51 bits per heavy atom. The Labute approximate surface area is 208 Å². The standard InChI is InChI=1S/C25H21F3N6O3/c1-16-22(21-11-13-31-34(21)19-9-7-18(29-2)8-10-19)33(23(36)30-12-4-14-35)24(37)32(16)20-6-3-5-17(15-20)25(26,27)28/h3,5-11,13,15,35H,4,12,14H2,1H3,(H,30,36). The van der Waals surface area contributed by atoms with Gasteiger partial charge in [-0.15, -0.1) is 0 Å². The lowest BCUT2D eigenvalue weighted by Crippen LogP contribution is -2.38. The molecule has 190 valence electrons. The maximum atomic E-state index is 13.5. The van der Waals surface area contributed by atoms with Crippen molar-refractivity contribution in [1.29, 1.82) is 0 Å². The van der Waals surface area contributed by atoms with Crippen LogP contribution in [0, 0.1) is 13.5 Å². The van der Waals surface area contributed by atoms with Gasteiger partial charge in [-0.3, -0.25) is 4.57 Å². The first kappa shape index (κ1) is 25.5. The van der Waals surface area contributed by atoms with E-state index in [0.717, 1.165) is 21.3 Å². The van der Waals surface area contributed by atoms with E-state index in [4.69, 9.17) is 11.7 Å². The molecule has 0 atom stereocenters. The fraction of sp³-hybridized carbons (Fsp3) is 0.200. The molecule has 2 heterocycles. The number of rotatable bonds is 6. The van der Waals surface area contributed by atoms with E-state index in [1.54, 1.807) is 30.3 Å². The largest absolute Gasteiger partial charge is 0.416 e. The van der Waals surface area contributed by atoms with Crippen molar-refractivity contribution >= 4 is 11.7 Å². The van der Waals surface area contributed by atoms with Gasteiger partial charge >= 0.3 is 17.9 Å². The zero-order valence-electron chi connectivity index (χ0n) is 19.5. The number of halogens is 3. The van der Waals surface area contributed by atoms with Crippen LogP contribution in [0.15, 0.2) is 65.6 Å². The Morgan fingerprint density at radius 1 is 1.14 bits per heavy atom. The van der Waals surface area contributed by atoms with Crippen molar-refractivity contribution in [2.75, 3.05) is 13.2 Å². The van der Waals surface area contributed by atoms with Crippen molar-refractivity contribution in [2.24, 2.45) is 0 Å². The molecule has 9 nitrogen and oxygen atoms in total. The van der Waals surface area contributed by atoms with Crippen molar-refractivity contribution in [3.05, 3.63) is 94.0 Å². The van der Waals surface area contributed by atoms with Crippen molar-refractivity contribution < 1.29 is 23.1 Å². The molecule has 0 saturated heterocycles. The highest BCUT2D eigenvalue weighted by Gasteiger charge is 2.32. The van der Waals surface area contributed by atoms with Crippen molar-refractivity contribution in [3.63, 3.8) is 0 Å². The van der Waals surface area contributed by atoms with Crippen LogP contribution in [-0.4, -0.2) is 43.2 Å². The third kappa shape index (κ3) is 4.89. The average Bonchev–Trinajstić information content (AvgIpc) is 3.45. The maximum absolute atomic E-state index is 13.5. The first-order valence-corrected chi connectivity index (χ1v) is 11.1. The quantitative estimate of drug-likeness (QED) is 0.298. The van der Waals surface area contributed by atoms with Gasteiger partial charge in [0.2, 0.25) is 0 Å². The first-order chi connectivity index (χ1) is 17.7. The van der Waals surface area contributed by atoms with Crippen LogP contribution in [0.3, 0.4) is 0 Å². The molecular formula is C25H21F3N6O3. The normalized spacial score (nSPS) is 11.4. The molecule has 0 bridgehead atoms. The minimum atomic E-state index is -4.63. The van der Waals surface area contributed by atoms with E-state index >= 15 is 0 Å². The number of nitrogens with one attached hydrogen (secondary N) is 1. The lowest BCUT2D eigenvalue weighted by molar-refractivity contribution is -0.137. The molecule has 0 fully saturated rings. The van der Waals surface area contributed by atoms with E-state index in [1.165, 1.54) is 29.9 Å². The Morgan fingerprint density at radius 2 is 1.86 bits per heavy atom. The molecule has 0 aliphatic carbocycles. The topological polar surface area (TPSA) is 98.4 Å². The number of nitrogens with zero attached hydrogens (tertiary/aromatic N) is 5. The molecule has 0 aliphatic heterocycles. The second kappa shape index (κ2) is 10.2. The molecule has 0 spiro atoms. The number of imidazole rings is 1. The SMILES string of the molecule is [C-]#[N+]c1ccc(-n2nccc2-c2c(C)n(-c3cccc(C(F)(F)F)c3)c(=O)n2C(=O)NCCCO)cc1. The molecule has 1 amide bonds. The van der Waals surface area contributed by atoms with Crippen LogP contribution < -0.4 is 11.0 Å². The van der Waals surface area contributed by atoms with E-state index in [0.29, 0.717) is 17.1 Å². The van der Waals surface area contributed by atoms with E-state index in [2.05, 4.69) is 15.3 Å². The highest BCUT2D eigenvalue weighted by molar-refractivity contribution is 5.83. The monoisotopic (exact) mass is 510 g/mol. The number of alkyl halides is 3. The van der Waals surface area contributed by atoms with Crippen LogP contribution in [0.2, 0.25) is 0 Å². The van der Waals surface area contributed by atoms with Crippen LogP contribution in [0.5, 0.6) is 0 Å². The van der Waals surface area contributed by atoms with Gasteiger partial charge < -0.3 is 10.4 Å². The smallest absolute Gasteiger partial charge is 0.396 e. The molecule has 4 aromatic rings. The van der Waals surface area contributed by atoms with Gasteiger partial charge in [0.25, 0.3) is 0 Å². The number of carbonyl (C=O) groups excluding carboxylic acids is 1. The van der Waals surface area contributed by atoms with Crippen molar-refractivity contribution in [2.45, 2.75) is 19.5 Å². The van der Waals surface area contributed by atoms with Crippen LogP contribution in [0.1, 0.15) is 17.7 Å². The summed E-state index contributed by atoms with van der Waals surface area (Å²) in [4.78, 5) is 30.0. The molecule has 2 aromatic carbocycles. The Kier molecular flexibility index (Phi) is 6.99. The second-order valence-corrected chi connectivity index (χ2v) is 8.00. The molecular weight excluding hydrogens is 489 g/mol. The maximum Gasteiger partial charge on any atom is 0.416 e. The summed E-state index contributed by atoms with van der Waals surface area (Å²) < 4.78 is 43.5. The number of aliphatic hydroxyl groups is 1. The molecule has 12 heteroatoms. The van der Waals surface area contributed by atoms with Crippen molar-refractivity contribution in [1.82, 2.24) is 24.2 Å². The molecule has 4 rings (SSSR count). The van der Waals surface area contributed by atoms with Gasteiger partial charge in [-0.2, -0.15) is 18.3 Å². The third-order valence-electron chi connectivity index (χ3n) is 5.64. The third-order valence-corrected chi connectivity index (χ3v) is 5.64. The molecule has 2 aromatic heterocycles. The van der Waals surface area contributed by atoms with Crippen LogP contribution in [0.25, 0.3) is 27.6 Å². The summed E-state index contributed by atoms with van der Waals surface area (Å²) in [5.41, 5.74) is -0.270. The predicted octanol–water partition coefficient (Wildman–Crippen LogP) is 4.31. The second-order valence-electron chi connectivity index (χ2n) is 8.00.